The highest BCUT2D eigenvalue weighted by atomic mass is 16.5. The minimum absolute atomic E-state index is 0.161. The Morgan fingerprint density at radius 1 is 1.38 bits per heavy atom. The first-order chi connectivity index (χ1) is 11.6. The molecule has 3 aromatic rings. The summed E-state index contributed by atoms with van der Waals surface area (Å²) in [6.45, 7) is 2.17. The van der Waals surface area contributed by atoms with Gasteiger partial charge >= 0.3 is 0 Å². The molecule has 1 atom stereocenters. The number of aromatic nitrogens is 2. The monoisotopic (exact) mass is 325 g/mol. The van der Waals surface area contributed by atoms with Crippen LogP contribution in [-0.2, 0) is 0 Å². The van der Waals surface area contributed by atoms with Crippen LogP contribution in [-0.4, -0.2) is 22.5 Å². The topological polar surface area (TPSA) is 97.2 Å². The molecule has 0 fully saturated rings. The Morgan fingerprint density at radius 2 is 2.21 bits per heavy atom. The van der Waals surface area contributed by atoms with Crippen molar-refractivity contribution in [1.29, 1.82) is 0 Å². The second-order valence-electron chi connectivity index (χ2n) is 5.65. The van der Waals surface area contributed by atoms with Gasteiger partial charge in [-0.3, -0.25) is 9.59 Å². The number of H-pyrrole nitrogens is 1. The molecule has 0 aliphatic carbocycles. The van der Waals surface area contributed by atoms with Crippen LogP contribution in [0, 0.1) is 6.92 Å². The van der Waals surface area contributed by atoms with E-state index < -0.39 is 5.56 Å². The number of aromatic amines is 1. The van der Waals surface area contributed by atoms with Crippen LogP contribution in [0.3, 0.4) is 0 Å². The quantitative estimate of drug-likeness (QED) is 0.752. The Labute approximate surface area is 136 Å². The molecule has 0 saturated heterocycles. The number of carbonyl (C=O) groups is 1. The third-order valence-electron chi connectivity index (χ3n) is 4.16. The molecule has 1 aliphatic heterocycles. The lowest BCUT2D eigenvalue weighted by atomic mass is 10.00. The van der Waals surface area contributed by atoms with Crippen molar-refractivity contribution in [1.82, 2.24) is 15.3 Å². The van der Waals surface area contributed by atoms with Gasteiger partial charge in [0.2, 0.25) is 5.71 Å². The predicted molar refractivity (Wildman–Crippen MR) is 86.1 cm³/mol. The fraction of sp³-hybridized carbons (Fsp3) is 0.235. The van der Waals surface area contributed by atoms with Gasteiger partial charge < -0.3 is 19.5 Å². The third-order valence-corrected chi connectivity index (χ3v) is 4.16. The zero-order chi connectivity index (χ0) is 16.7. The Bertz CT molecular complexity index is 989. The zero-order valence-corrected chi connectivity index (χ0v) is 13.0. The number of fused-ring (bicyclic) bond motifs is 2. The summed E-state index contributed by atoms with van der Waals surface area (Å²) in [6.07, 6.45) is 1.91. The lowest BCUT2D eigenvalue weighted by molar-refractivity contribution is 0.0924. The van der Waals surface area contributed by atoms with E-state index in [1.807, 2.05) is 24.3 Å². The SMILES string of the molecule is Cc1oc2nc[nH]c(=O)c2c1C(=O)N[C@@H]1CCOc2ccccc21. The molecule has 2 N–H and O–H groups in total. The lowest BCUT2D eigenvalue weighted by Crippen LogP contribution is -2.32. The van der Waals surface area contributed by atoms with E-state index in [-0.39, 0.29) is 28.6 Å². The van der Waals surface area contributed by atoms with Crippen molar-refractivity contribution in [2.45, 2.75) is 19.4 Å². The Balaban J connectivity index is 1.72. The molecule has 122 valence electrons. The summed E-state index contributed by atoms with van der Waals surface area (Å²) in [5.74, 6) is 0.779. The van der Waals surface area contributed by atoms with Crippen LogP contribution >= 0.6 is 0 Å². The molecule has 24 heavy (non-hydrogen) atoms. The molecule has 3 heterocycles. The highest BCUT2D eigenvalue weighted by Gasteiger charge is 2.27. The van der Waals surface area contributed by atoms with E-state index in [2.05, 4.69) is 15.3 Å². The number of benzene rings is 1. The Morgan fingerprint density at radius 3 is 3.08 bits per heavy atom. The number of aryl methyl sites for hydroxylation is 1. The number of rotatable bonds is 2. The summed E-state index contributed by atoms with van der Waals surface area (Å²) in [6, 6.07) is 7.42. The number of furan rings is 1. The van der Waals surface area contributed by atoms with Crippen LogP contribution in [0.15, 0.2) is 39.8 Å². The van der Waals surface area contributed by atoms with Gasteiger partial charge in [-0.15, -0.1) is 0 Å². The van der Waals surface area contributed by atoms with E-state index >= 15 is 0 Å². The first kappa shape index (κ1) is 14.5. The normalized spacial score (nSPS) is 16.5. The van der Waals surface area contributed by atoms with Gasteiger partial charge in [0.25, 0.3) is 11.5 Å². The number of carbonyl (C=O) groups excluding carboxylic acids is 1. The van der Waals surface area contributed by atoms with Crippen molar-refractivity contribution in [2.75, 3.05) is 6.61 Å². The molecule has 7 heteroatoms. The first-order valence-electron chi connectivity index (χ1n) is 7.64. The molecule has 0 bridgehead atoms. The van der Waals surface area contributed by atoms with Gasteiger partial charge in [0.1, 0.15) is 16.9 Å². The number of nitrogens with one attached hydrogen (secondary N) is 2. The average Bonchev–Trinajstić information content (AvgIpc) is 2.92. The van der Waals surface area contributed by atoms with Crippen LogP contribution in [0.25, 0.3) is 11.1 Å². The molecular formula is C17H15N3O4. The van der Waals surface area contributed by atoms with Crippen molar-refractivity contribution >= 4 is 17.0 Å². The molecule has 4 rings (SSSR count). The summed E-state index contributed by atoms with van der Waals surface area (Å²) >= 11 is 0. The average molecular weight is 325 g/mol. The maximum absolute atomic E-state index is 12.8. The molecule has 0 radical (unpaired) electrons. The van der Waals surface area contributed by atoms with E-state index in [0.717, 1.165) is 11.3 Å². The number of hydrogen-bond donors (Lipinski definition) is 2. The summed E-state index contributed by atoms with van der Waals surface area (Å²) in [7, 11) is 0. The maximum Gasteiger partial charge on any atom is 0.262 e. The van der Waals surface area contributed by atoms with Gasteiger partial charge in [-0.05, 0) is 13.0 Å². The van der Waals surface area contributed by atoms with Gasteiger partial charge in [0.05, 0.1) is 24.5 Å². The molecule has 0 saturated carbocycles. The molecule has 1 amide bonds. The first-order valence-corrected chi connectivity index (χ1v) is 7.64. The van der Waals surface area contributed by atoms with Crippen molar-refractivity contribution < 1.29 is 13.9 Å². The number of amides is 1. The second kappa shape index (κ2) is 5.52. The number of para-hydroxylation sites is 1. The summed E-state index contributed by atoms with van der Waals surface area (Å²) in [5.41, 5.74) is 0.918. The molecular weight excluding hydrogens is 310 g/mol. The van der Waals surface area contributed by atoms with E-state index in [4.69, 9.17) is 9.15 Å². The molecule has 1 aliphatic rings. The highest BCUT2D eigenvalue weighted by Crippen LogP contribution is 2.32. The Hall–Kier alpha value is -3.09. The van der Waals surface area contributed by atoms with E-state index in [9.17, 15) is 9.59 Å². The minimum Gasteiger partial charge on any atom is -0.493 e. The van der Waals surface area contributed by atoms with E-state index in [1.165, 1.54) is 6.33 Å². The summed E-state index contributed by atoms with van der Waals surface area (Å²) in [5, 5.41) is 3.15. The van der Waals surface area contributed by atoms with E-state index in [0.29, 0.717) is 18.8 Å². The number of ether oxygens (including phenoxy) is 1. The van der Waals surface area contributed by atoms with Crippen LogP contribution in [0.2, 0.25) is 0 Å². The lowest BCUT2D eigenvalue weighted by Gasteiger charge is -2.26. The van der Waals surface area contributed by atoms with Crippen LogP contribution in [0.1, 0.15) is 34.1 Å². The minimum atomic E-state index is -0.394. The maximum atomic E-state index is 12.8. The van der Waals surface area contributed by atoms with Crippen LogP contribution < -0.4 is 15.6 Å². The Kier molecular flexibility index (Phi) is 3.34. The number of hydrogen-bond acceptors (Lipinski definition) is 5. The zero-order valence-electron chi connectivity index (χ0n) is 13.0. The molecule has 0 unspecified atom stereocenters. The predicted octanol–water partition coefficient (Wildman–Crippen LogP) is 2.08. The van der Waals surface area contributed by atoms with Crippen molar-refractivity contribution in [3.05, 3.63) is 57.8 Å². The molecule has 2 aromatic heterocycles. The molecule has 1 aromatic carbocycles. The smallest absolute Gasteiger partial charge is 0.262 e. The fourth-order valence-electron chi connectivity index (χ4n) is 3.05. The van der Waals surface area contributed by atoms with Gasteiger partial charge in [-0.2, -0.15) is 0 Å². The van der Waals surface area contributed by atoms with Crippen molar-refractivity contribution in [3.8, 4) is 5.75 Å². The summed E-state index contributed by atoms with van der Waals surface area (Å²) < 4.78 is 11.0. The van der Waals surface area contributed by atoms with Gasteiger partial charge in [0, 0.05) is 12.0 Å². The fourth-order valence-corrected chi connectivity index (χ4v) is 3.05. The largest absolute Gasteiger partial charge is 0.493 e. The van der Waals surface area contributed by atoms with Crippen molar-refractivity contribution in [2.24, 2.45) is 0 Å². The van der Waals surface area contributed by atoms with E-state index in [1.54, 1.807) is 6.92 Å². The van der Waals surface area contributed by atoms with Gasteiger partial charge in [-0.25, -0.2) is 4.98 Å². The molecule has 7 nitrogen and oxygen atoms in total. The standard InChI is InChI=1S/C17H15N3O4/c1-9-13(14-15(21)18-8-19-17(14)24-9)16(22)20-11-6-7-23-12-5-3-2-4-10(11)12/h2-5,8,11H,6-7H2,1H3,(H,20,22)(H,18,19,21)/t11-/m1/s1. The summed E-state index contributed by atoms with van der Waals surface area (Å²) in [4.78, 5) is 31.3. The van der Waals surface area contributed by atoms with Gasteiger partial charge in [0.15, 0.2) is 0 Å². The van der Waals surface area contributed by atoms with Crippen LogP contribution in [0.5, 0.6) is 5.75 Å². The highest BCUT2D eigenvalue weighted by molar-refractivity contribution is 6.06. The van der Waals surface area contributed by atoms with Gasteiger partial charge in [-0.1, -0.05) is 18.2 Å². The molecule has 0 spiro atoms. The number of nitrogens with zero attached hydrogens (tertiary/aromatic N) is 1. The third kappa shape index (κ3) is 2.25. The second-order valence-corrected chi connectivity index (χ2v) is 5.65. The van der Waals surface area contributed by atoms with Crippen LogP contribution in [0.4, 0.5) is 0 Å². The van der Waals surface area contributed by atoms with Crippen molar-refractivity contribution in [3.63, 3.8) is 0 Å².